The van der Waals surface area contributed by atoms with Crippen molar-refractivity contribution in [1.82, 2.24) is 10.7 Å². The monoisotopic (exact) mass is 352 g/mol. The minimum absolute atomic E-state index is 0.0450. The van der Waals surface area contributed by atoms with Gasteiger partial charge in [-0.1, -0.05) is 31.4 Å². The number of carboxylic acids is 1. The van der Waals surface area contributed by atoms with Gasteiger partial charge in [0.15, 0.2) is 0 Å². The highest BCUT2D eigenvalue weighted by Crippen LogP contribution is 2.38. The summed E-state index contributed by atoms with van der Waals surface area (Å²) in [7, 11) is 0. The number of nitrogens with one attached hydrogen (secondary N) is 1. The van der Waals surface area contributed by atoms with Crippen LogP contribution < -0.4 is 5.32 Å². The van der Waals surface area contributed by atoms with Crippen LogP contribution in [0.2, 0.25) is 0 Å². The van der Waals surface area contributed by atoms with E-state index in [1.807, 2.05) is 0 Å². The average Bonchev–Trinajstić information content (AvgIpc) is 2.58. The highest BCUT2D eigenvalue weighted by Gasteiger charge is 2.34. The number of amides is 1. The lowest BCUT2D eigenvalue weighted by Crippen LogP contribution is -2.40. The summed E-state index contributed by atoms with van der Waals surface area (Å²) in [5.74, 6) is -1.09. The molecule has 138 valence electrons. The quantitative estimate of drug-likeness (QED) is 0.530. The number of nitrogens with zero attached hydrogens (tertiary/aromatic N) is 1. The number of carboxylic acid groups (broad SMARTS) is 1. The zero-order valence-electron chi connectivity index (χ0n) is 14.0. The van der Waals surface area contributed by atoms with Gasteiger partial charge in [0.05, 0.1) is 18.4 Å². The summed E-state index contributed by atoms with van der Waals surface area (Å²) in [5, 5.41) is 28.7. The molecule has 1 saturated carbocycles. The first-order valence-corrected chi connectivity index (χ1v) is 8.30. The van der Waals surface area contributed by atoms with Gasteiger partial charge in [0.2, 0.25) is 0 Å². The molecule has 0 radical (unpaired) electrons. The van der Waals surface area contributed by atoms with E-state index in [9.17, 15) is 9.59 Å². The van der Waals surface area contributed by atoms with Crippen LogP contribution >= 0.6 is 0 Å². The number of aliphatic carboxylic acids is 1. The molecular formula is C17H24N2O6. The van der Waals surface area contributed by atoms with Crippen molar-refractivity contribution < 1.29 is 29.9 Å². The van der Waals surface area contributed by atoms with Crippen LogP contribution in [0.3, 0.4) is 0 Å². The predicted molar refractivity (Wildman–Crippen MR) is 86.7 cm³/mol. The Kier molecular flexibility index (Phi) is 6.89. The van der Waals surface area contributed by atoms with E-state index in [0.717, 1.165) is 32.1 Å². The number of hydrogen-bond acceptors (Lipinski definition) is 6. The van der Waals surface area contributed by atoms with E-state index in [-0.39, 0.29) is 29.7 Å². The topological polar surface area (TPSA) is 119 Å². The number of carbonyl (C=O) groups excluding carboxylic acids is 1. The minimum Gasteiger partial charge on any atom is -0.481 e. The van der Waals surface area contributed by atoms with Crippen molar-refractivity contribution in [3.05, 3.63) is 35.4 Å². The van der Waals surface area contributed by atoms with Crippen LogP contribution in [0.15, 0.2) is 24.3 Å². The normalized spacial score (nSPS) is 16.6. The molecule has 0 heterocycles. The lowest BCUT2D eigenvalue weighted by atomic mass is 9.71. The van der Waals surface area contributed by atoms with E-state index in [4.69, 9.17) is 15.5 Å². The molecule has 8 nitrogen and oxygen atoms in total. The van der Waals surface area contributed by atoms with Crippen LogP contribution in [0.5, 0.6) is 0 Å². The van der Waals surface area contributed by atoms with Crippen LogP contribution in [-0.4, -0.2) is 39.3 Å². The van der Waals surface area contributed by atoms with Crippen LogP contribution in [-0.2, 0) is 16.2 Å². The Morgan fingerprint density at radius 3 is 2.32 bits per heavy atom. The fourth-order valence-corrected chi connectivity index (χ4v) is 3.29. The highest BCUT2D eigenvalue weighted by atomic mass is 17.1. The van der Waals surface area contributed by atoms with E-state index in [1.165, 1.54) is 0 Å². The van der Waals surface area contributed by atoms with Crippen molar-refractivity contribution in [3.8, 4) is 0 Å². The Morgan fingerprint density at radius 2 is 1.76 bits per heavy atom. The third kappa shape index (κ3) is 6.09. The zero-order valence-corrected chi connectivity index (χ0v) is 14.0. The molecular weight excluding hydrogens is 328 g/mol. The standard InChI is InChI=1S/C17H24N2O6/c20-15(21)10-17(8-2-1-3-9-17)12-18-16(22)14-6-4-13(5-7-14)11-25-19(23)24/h4-7,23-24H,1-3,8-12H2,(H,18,22)(H,20,21). The van der Waals surface area contributed by atoms with Gasteiger partial charge in [0, 0.05) is 12.1 Å². The molecule has 0 spiro atoms. The summed E-state index contributed by atoms with van der Waals surface area (Å²) in [5.41, 5.74) is 0.758. The van der Waals surface area contributed by atoms with E-state index in [0.29, 0.717) is 17.7 Å². The molecule has 1 aliphatic carbocycles. The fraction of sp³-hybridized carbons (Fsp3) is 0.529. The molecule has 1 fully saturated rings. The summed E-state index contributed by atoms with van der Waals surface area (Å²) in [6.07, 6.45) is 4.79. The third-order valence-corrected chi connectivity index (χ3v) is 4.63. The molecule has 8 heteroatoms. The molecule has 1 aromatic rings. The van der Waals surface area contributed by atoms with Gasteiger partial charge in [-0.2, -0.15) is 0 Å². The molecule has 0 aromatic heterocycles. The van der Waals surface area contributed by atoms with Gasteiger partial charge in [0.25, 0.3) is 5.91 Å². The maximum Gasteiger partial charge on any atom is 0.303 e. The Labute approximate surface area is 145 Å². The Balaban J connectivity index is 1.92. The average molecular weight is 352 g/mol. The smallest absolute Gasteiger partial charge is 0.303 e. The van der Waals surface area contributed by atoms with E-state index in [2.05, 4.69) is 10.2 Å². The van der Waals surface area contributed by atoms with Crippen LogP contribution in [0.1, 0.15) is 54.4 Å². The van der Waals surface area contributed by atoms with Crippen molar-refractivity contribution in [1.29, 1.82) is 0 Å². The predicted octanol–water partition coefficient (Wildman–Crippen LogP) is 2.35. The molecule has 1 amide bonds. The maximum atomic E-state index is 12.3. The number of rotatable bonds is 8. The van der Waals surface area contributed by atoms with Crippen molar-refractivity contribution in [3.63, 3.8) is 0 Å². The second kappa shape index (κ2) is 8.91. The Morgan fingerprint density at radius 1 is 1.12 bits per heavy atom. The lowest BCUT2D eigenvalue weighted by Gasteiger charge is -2.36. The number of hydrogen-bond donors (Lipinski definition) is 4. The first kappa shape index (κ1) is 19.3. The van der Waals surface area contributed by atoms with Crippen LogP contribution in [0.4, 0.5) is 0 Å². The summed E-state index contributed by atoms with van der Waals surface area (Å²) >= 11 is 0. The van der Waals surface area contributed by atoms with E-state index >= 15 is 0 Å². The van der Waals surface area contributed by atoms with Gasteiger partial charge < -0.3 is 10.4 Å². The van der Waals surface area contributed by atoms with Crippen molar-refractivity contribution in [2.24, 2.45) is 5.41 Å². The van der Waals surface area contributed by atoms with Crippen molar-refractivity contribution in [2.45, 2.75) is 45.1 Å². The van der Waals surface area contributed by atoms with Gasteiger partial charge in [-0.3, -0.25) is 20.0 Å². The van der Waals surface area contributed by atoms with Gasteiger partial charge in [0.1, 0.15) is 0 Å². The number of benzene rings is 1. The second-order valence-corrected chi connectivity index (χ2v) is 6.54. The largest absolute Gasteiger partial charge is 0.481 e. The number of carbonyl (C=O) groups is 2. The molecule has 0 bridgehead atoms. The molecule has 0 aliphatic heterocycles. The molecule has 2 rings (SSSR count). The first-order chi connectivity index (χ1) is 11.9. The third-order valence-electron chi connectivity index (χ3n) is 4.63. The van der Waals surface area contributed by atoms with Gasteiger partial charge in [-0.05, 0) is 36.0 Å². The van der Waals surface area contributed by atoms with Gasteiger partial charge >= 0.3 is 5.97 Å². The molecule has 0 saturated heterocycles. The van der Waals surface area contributed by atoms with Crippen LogP contribution in [0, 0.1) is 5.41 Å². The van der Waals surface area contributed by atoms with Crippen LogP contribution in [0.25, 0.3) is 0 Å². The second-order valence-electron chi connectivity index (χ2n) is 6.54. The molecule has 4 N–H and O–H groups in total. The summed E-state index contributed by atoms with van der Waals surface area (Å²) < 4.78 is 0. The van der Waals surface area contributed by atoms with Crippen molar-refractivity contribution in [2.75, 3.05) is 6.54 Å². The van der Waals surface area contributed by atoms with Gasteiger partial charge in [-0.15, -0.1) is 0 Å². The molecule has 1 aromatic carbocycles. The molecule has 25 heavy (non-hydrogen) atoms. The molecule has 0 atom stereocenters. The summed E-state index contributed by atoms with van der Waals surface area (Å²) in [6.45, 7) is 0.309. The summed E-state index contributed by atoms with van der Waals surface area (Å²) in [6, 6.07) is 6.51. The lowest BCUT2D eigenvalue weighted by molar-refractivity contribution is -0.497. The molecule has 1 aliphatic rings. The van der Waals surface area contributed by atoms with Gasteiger partial charge in [-0.25, -0.2) is 4.84 Å². The minimum atomic E-state index is -0.831. The maximum absolute atomic E-state index is 12.3. The van der Waals surface area contributed by atoms with E-state index < -0.39 is 5.97 Å². The van der Waals surface area contributed by atoms with E-state index in [1.54, 1.807) is 24.3 Å². The Hall–Kier alpha value is -2.00. The highest BCUT2D eigenvalue weighted by molar-refractivity contribution is 5.94. The SMILES string of the molecule is O=C(O)CC1(CNC(=O)c2ccc(CON(O)O)cc2)CCCCC1. The molecule has 0 unspecified atom stereocenters. The Bertz CT molecular complexity index is 581. The van der Waals surface area contributed by atoms with Crippen molar-refractivity contribution >= 4 is 11.9 Å². The first-order valence-electron chi connectivity index (χ1n) is 8.30. The zero-order chi connectivity index (χ0) is 18.3. The summed E-state index contributed by atoms with van der Waals surface area (Å²) in [4.78, 5) is 28.0. The fourth-order valence-electron chi connectivity index (χ4n) is 3.29.